The lowest BCUT2D eigenvalue weighted by Gasteiger charge is -2.16. The number of aliphatic hydroxyl groups excluding tert-OH is 1. The van der Waals surface area contributed by atoms with Crippen LogP contribution in [-0.2, 0) is 23.0 Å². The lowest BCUT2D eigenvalue weighted by Crippen LogP contribution is -2.33. The summed E-state index contributed by atoms with van der Waals surface area (Å²) in [6.07, 6.45) is 6.99. The van der Waals surface area contributed by atoms with E-state index < -0.39 is 15.3 Å². The van der Waals surface area contributed by atoms with E-state index in [0.717, 1.165) is 46.4 Å². The van der Waals surface area contributed by atoms with Crippen molar-refractivity contribution in [1.29, 1.82) is 0 Å². The standard InChI is InChI=1S/C22H26N4O3S/c1-15(2)30(28,29)25-21-6-4-17-13-18(3-5-19(17)21)20-14-26(11-12-27)24-22(20)16-7-9-23-10-8-16/h3,5,7-10,13-15,21,25,27H,4,6,11-12H2,1-2H3. The molecule has 2 N–H and O–H groups in total. The lowest BCUT2D eigenvalue weighted by molar-refractivity contribution is 0.269. The first kappa shape index (κ1) is 20.7. The fraction of sp³-hybridized carbons (Fsp3) is 0.364. The summed E-state index contributed by atoms with van der Waals surface area (Å²) in [6.45, 7) is 3.80. The van der Waals surface area contributed by atoms with Gasteiger partial charge in [-0.3, -0.25) is 9.67 Å². The lowest BCUT2D eigenvalue weighted by atomic mass is 9.98. The molecule has 1 atom stereocenters. The zero-order chi connectivity index (χ0) is 21.3. The smallest absolute Gasteiger partial charge is 0.214 e. The number of sulfonamides is 1. The summed E-state index contributed by atoms with van der Waals surface area (Å²) < 4.78 is 29.2. The monoisotopic (exact) mass is 426 g/mol. The van der Waals surface area contributed by atoms with Crippen LogP contribution in [-0.4, -0.2) is 40.1 Å². The van der Waals surface area contributed by atoms with Crippen molar-refractivity contribution in [3.8, 4) is 22.4 Å². The Morgan fingerprint density at radius 1 is 1.20 bits per heavy atom. The van der Waals surface area contributed by atoms with Gasteiger partial charge in [0.15, 0.2) is 0 Å². The van der Waals surface area contributed by atoms with E-state index in [-0.39, 0.29) is 12.6 Å². The molecule has 2 heterocycles. The molecule has 2 aromatic heterocycles. The second-order valence-corrected chi connectivity index (χ2v) is 10.1. The Labute approximate surface area is 176 Å². The van der Waals surface area contributed by atoms with Gasteiger partial charge in [-0.15, -0.1) is 0 Å². The Hall–Kier alpha value is -2.55. The number of fused-ring (bicyclic) bond motifs is 1. The molecule has 0 saturated heterocycles. The van der Waals surface area contributed by atoms with Gasteiger partial charge in [0.25, 0.3) is 0 Å². The van der Waals surface area contributed by atoms with Crippen molar-refractivity contribution in [2.45, 2.75) is 44.5 Å². The molecular formula is C22H26N4O3S. The largest absolute Gasteiger partial charge is 0.394 e. The van der Waals surface area contributed by atoms with E-state index >= 15 is 0 Å². The zero-order valence-corrected chi connectivity index (χ0v) is 17.9. The molecular weight excluding hydrogens is 400 g/mol. The first-order valence-electron chi connectivity index (χ1n) is 10.1. The number of pyridine rings is 1. The Balaban J connectivity index is 1.70. The van der Waals surface area contributed by atoms with Gasteiger partial charge in [-0.05, 0) is 55.5 Å². The first-order chi connectivity index (χ1) is 14.4. The van der Waals surface area contributed by atoms with E-state index in [4.69, 9.17) is 0 Å². The number of benzene rings is 1. The molecule has 158 valence electrons. The summed E-state index contributed by atoms with van der Waals surface area (Å²) in [6, 6.07) is 9.82. The molecule has 0 fully saturated rings. The molecule has 4 rings (SSSR count). The van der Waals surface area contributed by atoms with Gasteiger partial charge in [0, 0.05) is 35.8 Å². The summed E-state index contributed by atoms with van der Waals surface area (Å²) in [5, 5.41) is 13.5. The third kappa shape index (κ3) is 4.03. The van der Waals surface area contributed by atoms with Gasteiger partial charge < -0.3 is 5.11 Å². The van der Waals surface area contributed by atoms with Crippen LogP contribution in [0.2, 0.25) is 0 Å². The molecule has 7 nitrogen and oxygen atoms in total. The maximum Gasteiger partial charge on any atom is 0.214 e. The second-order valence-electron chi connectivity index (χ2n) is 7.83. The van der Waals surface area contributed by atoms with Crippen LogP contribution < -0.4 is 4.72 Å². The molecule has 0 amide bonds. The Morgan fingerprint density at radius 2 is 1.97 bits per heavy atom. The minimum atomic E-state index is -3.33. The molecule has 0 saturated carbocycles. The predicted molar refractivity (Wildman–Crippen MR) is 116 cm³/mol. The summed E-state index contributed by atoms with van der Waals surface area (Å²) in [7, 11) is -3.33. The Kier molecular flexibility index (Phi) is 5.73. The SMILES string of the molecule is CC(C)S(=O)(=O)NC1CCc2cc(-c3cn(CCO)nc3-c3ccncc3)ccc21. The van der Waals surface area contributed by atoms with Crippen LogP contribution in [0.5, 0.6) is 0 Å². The molecule has 1 unspecified atom stereocenters. The van der Waals surface area contributed by atoms with Crippen LogP contribution in [0.4, 0.5) is 0 Å². The molecule has 0 aliphatic heterocycles. The molecule has 3 aromatic rings. The predicted octanol–water partition coefficient (Wildman–Crippen LogP) is 2.92. The topological polar surface area (TPSA) is 97.1 Å². The van der Waals surface area contributed by atoms with Crippen molar-refractivity contribution in [2.75, 3.05) is 6.61 Å². The van der Waals surface area contributed by atoms with Gasteiger partial charge >= 0.3 is 0 Å². The van der Waals surface area contributed by atoms with Crippen molar-refractivity contribution in [2.24, 2.45) is 0 Å². The van der Waals surface area contributed by atoms with Gasteiger partial charge in [-0.1, -0.05) is 18.2 Å². The molecule has 30 heavy (non-hydrogen) atoms. The number of hydrogen-bond donors (Lipinski definition) is 2. The van der Waals surface area contributed by atoms with Crippen LogP contribution in [0.3, 0.4) is 0 Å². The minimum absolute atomic E-state index is 0.0127. The Bertz CT molecular complexity index is 1140. The number of hydrogen-bond acceptors (Lipinski definition) is 5. The fourth-order valence-corrected chi connectivity index (χ4v) is 4.73. The summed E-state index contributed by atoms with van der Waals surface area (Å²) >= 11 is 0. The summed E-state index contributed by atoms with van der Waals surface area (Å²) in [5.74, 6) is 0. The van der Waals surface area contributed by atoms with Gasteiger partial charge in [0.05, 0.1) is 18.4 Å². The highest BCUT2D eigenvalue weighted by Gasteiger charge is 2.28. The van der Waals surface area contributed by atoms with E-state index in [1.807, 2.05) is 30.5 Å². The molecule has 1 aliphatic rings. The third-order valence-electron chi connectivity index (χ3n) is 5.50. The van der Waals surface area contributed by atoms with E-state index in [9.17, 15) is 13.5 Å². The molecule has 0 bridgehead atoms. The van der Waals surface area contributed by atoms with Gasteiger partial charge in [0.2, 0.25) is 10.0 Å². The molecule has 1 aromatic carbocycles. The third-order valence-corrected chi connectivity index (χ3v) is 7.36. The van der Waals surface area contributed by atoms with Gasteiger partial charge in [0.1, 0.15) is 5.69 Å². The molecule has 0 radical (unpaired) electrons. The number of aryl methyl sites for hydroxylation is 1. The second kappa shape index (κ2) is 8.29. The van der Waals surface area contributed by atoms with Crippen LogP contribution in [0.1, 0.15) is 37.4 Å². The van der Waals surface area contributed by atoms with Gasteiger partial charge in [-0.2, -0.15) is 5.10 Å². The molecule has 0 spiro atoms. The highest BCUT2D eigenvalue weighted by Crippen LogP contribution is 2.37. The van der Waals surface area contributed by atoms with Crippen LogP contribution in [0.25, 0.3) is 22.4 Å². The van der Waals surface area contributed by atoms with Crippen LogP contribution >= 0.6 is 0 Å². The quantitative estimate of drug-likeness (QED) is 0.605. The molecule has 1 aliphatic carbocycles. The van der Waals surface area contributed by atoms with Gasteiger partial charge in [-0.25, -0.2) is 13.1 Å². The van der Waals surface area contributed by atoms with Crippen LogP contribution in [0, 0.1) is 0 Å². The number of aliphatic hydroxyl groups is 1. The highest BCUT2D eigenvalue weighted by molar-refractivity contribution is 7.90. The number of rotatable bonds is 7. The number of nitrogens with one attached hydrogen (secondary N) is 1. The normalized spacial score (nSPS) is 16.2. The summed E-state index contributed by atoms with van der Waals surface area (Å²) in [5.41, 5.74) is 5.98. The maximum atomic E-state index is 12.3. The average molecular weight is 427 g/mol. The Morgan fingerprint density at radius 3 is 2.67 bits per heavy atom. The van der Waals surface area contributed by atoms with Crippen molar-refractivity contribution in [3.05, 3.63) is 60.0 Å². The average Bonchev–Trinajstić information content (AvgIpc) is 3.32. The molecule has 8 heteroatoms. The van der Waals surface area contributed by atoms with E-state index in [2.05, 4.69) is 20.9 Å². The zero-order valence-electron chi connectivity index (χ0n) is 17.1. The van der Waals surface area contributed by atoms with E-state index in [1.165, 1.54) is 0 Å². The van der Waals surface area contributed by atoms with E-state index in [1.54, 1.807) is 30.9 Å². The van der Waals surface area contributed by atoms with Crippen molar-refractivity contribution < 1.29 is 13.5 Å². The highest BCUT2D eigenvalue weighted by atomic mass is 32.2. The number of aromatic nitrogens is 3. The van der Waals surface area contributed by atoms with Crippen molar-refractivity contribution >= 4 is 10.0 Å². The first-order valence-corrected chi connectivity index (χ1v) is 11.7. The van der Waals surface area contributed by atoms with Crippen molar-refractivity contribution in [3.63, 3.8) is 0 Å². The van der Waals surface area contributed by atoms with E-state index in [0.29, 0.717) is 6.54 Å². The van der Waals surface area contributed by atoms with Crippen molar-refractivity contribution in [1.82, 2.24) is 19.5 Å². The maximum absolute atomic E-state index is 12.3. The summed E-state index contributed by atoms with van der Waals surface area (Å²) in [4.78, 5) is 4.08. The fourth-order valence-electron chi connectivity index (χ4n) is 3.81. The van der Waals surface area contributed by atoms with Crippen LogP contribution in [0.15, 0.2) is 48.9 Å². The number of nitrogens with zero attached hydrogens (tertiary/aromatic N) is 3. The minimum Gasteiger partial charge on any atom is -0.394 e.